The molecule has 5 heteroatoms. The summed E-state index contributed by atoms with van der Waals surface area (Å²) in [7, 11) is 1.70. The smallest absolute Gasteiger partial charge is 0.227 e. The molecule has 0 radical (unpaired) electrons. The predicted octanol–water partition coefficient (Wildman–Crippen LogP) is 2.89. The Bertz CT molecular complexity index is 378. The maximum absolute atomic E-state index is 5.83. The van der Waals surface area contributed by atoms with Gasteiger partial charge in [-0.15, -0.1) is 0 Å². The molecule has 0 aromatic carbocycles. The molecule has 1 aromatic heterocycles. The fourth-order valence-corrected chi connectivity index (χ4v) is 2.65. The van der Waals surface area contributed by atoms with E-state index in [4.69, 9.17) is 15.0 Å². The summed E-state index contributed by atoms with van der Waals surface area (Å²) in [6, 6.07) is 0. The highest BCUT2D eigenvalue weighted by molar-refractivity contribution is 5.01. The number of aromatic nitrogens is 2. The Kier molecular flexibility index (Phi) is 6.62. The van der Waals surface area contributed by atoms with Crippen LogP contribution in [0.25, 0.3) is 0 Å². The summed E-state index contributed by atoms with van der Waals surface area (Å²) in [5.41, 5.74) is 5.39. The zero-order valence-electron chi connectivity index (χ0n) is 13.5. The van der Waals surface area contributed by atoms with Crippen molar-refractivity contribution in [2.24, 2.45) is 17.6 Å². The molecule has 0 amide bonds. The topological polar surface area (TPSA) is 74.2 Å². The van der Waals surface area contributed by atoms with Crippen molar-refractivity contribution in [2.45, 2.75) is 59.0 Å². The fraction of sp³-hybridized carbons (Fsp3) is 0.867. The largest absolute Gasteiger partial charge is 0.370 e. The third-order valence-electron chi connectivity index (χ3n) is 4.01. The molecule has 1 rings (SSSR count). The number of nitrogens with two attached hydrogens (primary N) is 1. The number of methoxy groups -OCH3 is 1. The Hall–Kier alpha value is -0.940. The van der Waals surface area contributed by atoms with Gasteiger partial charge in [0.25, 0.3) is 0 Å². The second-order valence-electron chi connectivity index (χ2n) is 5.85. The Morgan fingerprint density at radius 1 is 1.30 bits per heavy atom. The summed E-state index contributed by atoms with van der Waals surface area (Å²) in [5.74, 6) is 2.33. The van der Waals surface area contributed by atoms with Crippen molar-refractivity contribution >= 4 is 0 Å². The van der Waals surface area contributed by atoms with E-state index in [0.717, 1.165) is 25.7 Å². The minimum Gasteiger partial charge on any atom is -0.370 e. The molecule has 0 aliphatic rings. The molecule has 1 heterocycles. The first-order valence-corrected chi connectivity index (χ1v) is 7.59. The van der Waals surface area contributed by atoms with Crippen LogP contribution in [0.2, 0.25) is 0 Å². The van der Waals surface area contributed by atoms with E-state index >= 15 is 0 Å². The van der Waals surface area contributed by atoms with Crippen molar-refractivity contribution in [1.82, 2.24) is 10.1 Å². The molecule has 20 heavy (non-hydrogen) atoms. The molecule has 0 bridgehead atoms. The van der Waals surface area contributed by atoms with E-state index in [9.17, 15) is 0 Å². The van der Waals surface area contributed by atoms with E-state index in [1.807, 2.05) is 0 Å². The molecule has 1 atom stereocenters. The van der Waals surface area contributed by atoms with Crippen molar-refractivity contribution in [3.8, 4) is 0 Å². The van der Waals surface area contributed by atoms with Crippen LogP contribution in [-0.2, 0) is 16.8 Å². The molecule has 0 aliphatic carbocycles. The van der Waals surface area contributed by atoms with E-state index in [2.05, 4.69) is 37.8 Å². The second kappa shape index (κ2) is 7.74. The maximum atomic E-state index is 5.83. The van der Waals surface area contributed by atoms with E-state index in [1.54, 1.807) is 7.11 Å². The Labute approximate surface area is 122 Å². The summed E-state index contributed by atoms with van der Waals surface area (Å²) in [5, 5.41) is 4.12. The highest BCUT2D eigenvalue weighted by atomic mass is 16.5. The molecular weight excluding hydrogens is 254 g/mol. The van der Waals surface area contributed by atoms with Crippen LogP contribution < -0.4 is 5.73 Å². The Morgan fingerprint density at radius 2 is 1.95 bits per heavy atom. The highest BCUT2D eigenvalue weighted by Gasteiger charge is 2.33. The van der Waals surface area contributed by atoms with Gasteiger partial charge in [0.05, 0.1) is 0 Å². The summed E-state index contributed by atoms with van der Waals surface area (Å²) >= 11 is 0. The first kappa shape index (κ1) is 17.1. The van der Waals surface area contributed by atoms with Crippen molar-refractivity contribution < 1.29 is 9.26 Å². The SMILES string of the molecule is CCC(CC)(OC)c1noc(C[C@@H](CN)CC(C)C)n1. The zero-order chi connectivity index (χ0) is 15.2. The standard InChI is InChI=1S/C15H29N3O2/c1-6-15(7-2,19-5)14-17-13(20-18-14)9-12(10-16)8-11(3)4/h11-12H,6-10,16H2,1-5H3/t12-/m0/s1. The quantitative estimate of drug-likeness (QED) is 0.754. The third kappa shape index (κ3) is 4.03. The van der Waals surface area contributed by atoms with Gasteiger partial charge in [-0.1, -0.05) is 32.9 Å². The summed E-state index contributed by atoms with van der Waals surface area (Å²) in [6.07, 6.45) is 3.47. The van der Waals surface area contributed by atoms with Crippen LogP contribution in [0.1, 0.15) is 58.7 Å². The molecule has 0 aliphatic heterocycles. The average Bonchev–Trinajstić information content (AvgIpc) is 2.89. The molecular formula is C15H29N3O2. The van der Waals surface area contributed by atoms with Crippen LogP contribution in [-0.4, -0.2) is 23.8 Å². The van der Waals surface area contributed by atoms with Crippen molar-refractivity contribution in [1.29, 1.82) is 0 Å². The lowest BCUT2D eigenvalue weighted by atomic mass is 9.94. The lowest BCUT2D eigenvalue weighted by molar-refractivity contribution is -0.0306. The number of nitrogens with zero attached hydrogens (tertiary/aromatic N) is 2. The van der Waals surface area contributed by atoms with Gasteiger partial charge in [0.15, 0.2) is 0 Å². The van der Waals surface area contributed by atoms with Crippen LogP contribution in [0, 0.1) is 11.8 Å². The van der Waals surface area contributed by atoms with E-state index < -0.39 is 5.60 Å². The van der Waals surface area contributed by atoms with Gasteiger partial charge in [0, 0.05) is 13.5 Å². The van der Waals surface area contributed by atoms with Gasteiger partial charge >= 0.3 is 0 Å². The van der Waals surface area contributed by atoms with E-state index in [0.29, 0.717) is 30.1 Å². The predicted molar refractivity (Wildman–Crippen MR) is 79.3 cm³/mol. The summed E-state index contributed by atoms with van der Waals surface area (Å²) in [6.45, 7) is 9.19. The normalized spacial score (nSPS) is 13.9. The van der Waals surface area contributed by atoms with Crippen LogP contribution in [0.5, 0.6) is 0 Å². The maximum Gasteiger partial charge on any atom is 0.227 e. The molecule has 0 fully saturated rings. The fourth-order valence-electron chi connectivity index (χ4n) is 2.65. The molecule has 2 N–H and O–H groups in total. The Balaban J connectivity index is 2.80. The first-order valence-electron chi connectivity index (χ1n) is 7.59. The van der Waals surface area contributed by atoms with Gasteiger partial charge < -0.3 is 15.0 Å². The van der Waals surface area contributed by atoms with Gasteiger partial charge in [-0.25, -0.2) is 0 Å². The molecule has 0 unspecified atom stereocenters. The number of hydrogen-bond donors (Lipinski definition) is 1. The van der Waals surface area contributed by atoms with Gasteiger partial charge in [-0.05, 0) is 37.6 Å². The second-order valence-corrected chi connectivity index (χ2v) is 5.85. The van der Waals surface area contributed by atoms with Gasteiger partial charge in [-0.2, -0.15) is 4.98 Å². The van der Waals surface area contributed by atoms with Crippen molar-refractivity contribution in [3.05, 3.63) is 11.7 Å². The lowest BCUT2D eigenvalue weighted by Crippen LogP contribution is -2.28. The van der Waals surface area contributed by atoms with Crippen molar-refractivity contribution in [3.63, 3.8) is 0 Å². The van der Waals surface area contributed by atoms with Crippen LogP contribution in [0.4, 0.5) is 0 Å². The van der Waals surface area contributed by atoms with Crippen LogP contribution >= 0.6 is 0 Å². The van der Waals surface area contributed by atoms with Gasteiger partial charge in [-0.3, -0.25) is 0 Å². The van der Waals surface area contributed by atoms with Crippen LogP contribution in [0.15, 0.2) is 4.52 Å². The number of rotatable bonds is 9. The van der Waals surface area contributed by atoms with Gasteiger partial charge in [0.1, 0.15) is 5.60 Å². The number of ether oxygens (including phenoxy) is 1. The van der Waals surface area contributed by atoms with E-state index in [1.165, 1.54) is 0 Å². The van der Waals surface area contributed by atoms with E-state index in [-0.39, 0.29) is 0 Å². The van der Waals surface area contributed by atoms with Crippen molar-refractivity contribution in [2.75, 3.05) is 13.7 Å². The van der Waals surface area contributed by atoms with Gasteiger partial charge in [0.2, 0.25) is 11.7 Å². The molecule has 116 valence electrons. The molecule has 0 saturated heterocycles. The lowest BCUT2D eigenvalue weighted by Gasteiger charge is -2.25. The molecule has 5 nitrogen and oxygen atoms in total. The molecule has 1 aromatic rings. The molecule has 0 spiro atoms. The first-order chi connectivity index (χ1) is 9.51. The summed E-state index contributed by atoms with van der Waals surface area (Å²) in [4.78, 5) is 4.53. The third-order valence-corrected chi connectivity index (χ3v) is 4.01. The monoisotopic (exact) mass is 283 g/mol. The Morgan fingerprint density at radius 3 is 2.40 bits per heavy atom. The minimum atomic E-state index is -0.433. The highest BCUT2D eigenvalue weighted by Crippen LogP contribution is 2.30. The summed E-state index contributed by atoms with van der Waals surface area (Å²) < 4.78 is 11.0. The molecule has 0 saturated carbocycles. The zero-order valence-corrected chi connectivity index (χ0v) is 13.5. The average molecular weight is 283 g/mol. The minimum absolute atomic E-state index is 0.392. The number of hydrogen-bond acceptors (Lipinski definition) is 5. The van der Waals surface area contributed by atoms with Crippen LogP contribution in [0.3, 0.4) is 0 Å².